The van der Waals surface area contributed by atoms with E-state index in [4.69, 9.17) is 35.4 Å². The van der Waals surface area contributed by atoms with Crippen LogP contribution in [0.3, 0.4) is 0 Å². The first kappa shape index (κ1) is 11.5. The molecule has 1 saturated heterocycles. The van der Waals surface area contributed by atoms with Crippen molar-refractivity contribution in [2.75, 3.05) is 12.3 Å². The average Bonchev–Trinajstić information content (AvgIpc) is 2.57. The van der Waals surface area contributed by atoms with Gasteiger partial charge in [0.1, 0.15) is 4.32 Å². The monoisotopic (exact) mass is 277 g/mol. The van der Waals surface area contributed by atoms with Gasteiger partial charge in [0.25, 0.3) is 0 Å². The molecule has 0 atom stereocenters. The van der Waals surface area contributed by atoms with Crippen LogP contribution in [0.25, 0.3) is 0 Å². The lowest BCUT2D eigenvalue weighted by Crippen LogP contribution is -2.22. The van der Waals surface area contributed by atoms with Crippen LogP contribution in [-0.2, 0) is 6.54 Å². The van der Waals surface area contributed by atoms with Crippen LogP contribution in [0.5, 0.6) is 0 Å². The second kappa shape index (κ2) is 4.91. The van der Waals surface area contributed by atoms with Gasteiger partial charge in [0, 0.05) is 28.9 Å². The van der Waals surface area contributed by atoms with Crippen molar-refractivity contribution in [1.29, 1.82) is 0 Å². The van der Waals surface area contributed by atoms with E-state index in [9.17, 15) is 0 Å². The van der Waals surface area contributed by atoms with Gasteiger partial charge in [-0.1, -0.05) is 53.2 Å². The summed E-state index contributed by atoms with van der Waals surface area (Å²) in [5.41, 5.74) is 1.07. The maximum Gasteiger partial charge on any atom is 0.136 e. The summed E-state index contributed by atoms with van der Waals surface area (Å²) in [4.78, 5) is 2.16. The Morgan fingerprint density at radius 2 is 2.20 bits per heavy atom. The van der Waals surface area contributed by atoms with Gasteiger partial charge in [-0.15, -0.1) is 0 Å². The van der Waals surface area contributed by atoms with Crippen molar-refractivity contribution in [1.82, 2.24) is 4.90 Å². The maximum atomic E-state index is 6.09. The van der Waals surface area contributed by atoms with Crippen molar-refractivity contribution in [3.8, 4) is 0 Å². The predicted molar refractivity (Wildman–Crippen MR) is 71.9 cm³/mol. The second-order valence-electron chi connectivity index (χ2n) is 3.27. The SMILES string of the molecule is S=C1SCCN1Cc1ccc(Cl)cc1Cl. The van der Waals surface area contributed by atoms with Gasteiger partial charge in [-0.25, -0.2) is 0 Å². The highest BCUT2D eigenvalue weighted by Gasteiger charge is 2.18. The molecule has 2 rings (SSSR count). The summed E-state index contributed by atoms with van der Waals surface area (Å²) in [6.07, 6.45) is 0. The Balaban J connectivity index is 2.13. The molecule has 80 valence electrons. The fourth-order valence-electron chi connectivity index (χ4n) is 1.42. The van der Waals surface area contributed by atoms with Crippen LogP contribution in [0.4, 0.5) is 0 Å². The van der Waals surface area contributed by atoms with Gasteiger partial charge in [0.15, 0.2) is 0 Å². The van der Waals surface area contributed by atoms with Gasteiger partial charge >= 0.3 is 0 Å². The van der Waals surface area contributed by atoms with Crippen LogP contribution in [0.2, 0.25) is 10.0 Å². The van der Waals surface area contributed by atoms with E-state index < -0.39 is 0 Å². The number of nitrogens with zero attached hydrogens (tertiary/aromatic N) is 1. The summed E-state index contributed by atoms with van der Waals surface area (Å²) in [6.45, 7) is 1.78. The minimum Gasteiger partial charge on any atom is -0.352 e. The zero-order valence-electron chi connectivity index (χ0n) is 7.87. The number of thioether (sulfide) groups is 1. The molecule has 1 aliphatic rings. The molecule has 0 radical (unpaired) electrons. The van der Waals surface area contributed by atoms with E-state index in [0.29, 0.717) is 10.0 Å². The molecule has 1 aromatic carbocycles. The van der Waals surface area contributed by atoms with Crippen LogP contribution in [0, 0.1) is 0 Å². The van der Waals surface area contributed by atoms with E-state index in [1.165, 1.54) is 0 Å². The van der Waals surface area contributed by atoms with E-state index in [2.05, 4.69) is 4.90 Å². The van der Waals surface area contributed by atoms with Gasteiger partial charge < -0.3 is 4.90 Å². The molecular formula is C10H9Cl2NS2. The highest BCUT2D eigenvalue weighted by atomic mass is 35.5. The first-order valence-electron chi connectivity index (χ1n) is 4.52. The van der Waals surface area contributed by atoms with Crippen molar-refractivity contribution in [2.45, 2.75) is 6.54 Å². The molecule has 0 aliphatic carbocycles. The third kappa shape index (κ3) is 2.78. The molecule has 0 N–H and O–H groups in total. The fraction of sp³-hybridized carbons (Fsp3) is 0.300. The molecule has 1 heterocycles. The Bertz CT molecular complexity index is 395. The van der Waals surface area contributed by atoms with Crippen molar-refractivity contribution in [2.24, 2.45) is 0 Å². The highest BCUT2D eigenvalue weighted by Crippen LogP contribution is 2.25. The Morgan fingerprint density at radius 3 is 2.80 bits per heavy atom. The molecule has 0 aromatic heterocycles. The Kier molecular flexibility index (Phi) is 3.78. The van der Waals surface area contributed by atoms with Gasteiger partial charge in [-0.3, -0.25) is 0 Å². The molecule has 1 aliphatic heterocycles. The predicted octanol–water partition coefficient (Wildman–Crippen LogP) is 3.83. The minimum absolute atomic E-state index is 0.669. The van der Waals surface area contributed by atoms with Gasteiger partial charge in [-0.2, -0.15) is 0 Å². The van der Waals surface area contributed by atoms with Crippen molar-refractivity contribution in [3.05, 3.63) is 33.8 Å². The van der Waals surface area contributed by atoms with Gasteiger partial charge in [0.2, 0.25) is 0 Å². The summed E-state index contributed by atoms with van der Waals surface area (Å²) in [5, 5.41) is 1.38. The zero-order valence-corrected chi connectivity index (χ0v) is 11.0. The smallest absolute Gasteiger partial charge is 0.136 e. The molecule has 0 saturated carbocycles. The van der Waals surface area contributed by atoms with Crippen molar-refractivity contribution >= 4 is 51.5 Å². The van der Waals surface area contributed by atoms with Crippen LogP contribution < -0.4 is 0 Å². The number of thiocarbonyl (C=S) groups is 1. The third-order valence-electron chi connectivity index (χ3n) is 2.22. The number of rotatable bonds is 2. The topological polar surface area (TPSA) is 3.24 Å². The first-order chi connectivity index (χ1) is 7.16. The summed E-state index contributed by atoms with van der Waals surface area (Å²) in [7, 11) is 0. The Morgan fingerprint density at radius 1 is 1.40 bits per heavy atom. The van der Waals surface area contributed by atoms with E-state index in [-0.39, 0.29) is 0 Å². The highest BCUT2D eigenvalue weighted by molar-refractivity contribution is 8.23. The largest absolute Gasteiger partial charge is 0.352 e. The van der Waals surface area contributed by atoms with Gasteiger partial charge in [0.05, 0.1) is 0 Å². The molecule has 1 fully saturated rings. The number of hydrogen-bond donors (Lipinski definition) is 0. The Hall–Kier alpha value is 0.0400. The summed E-state index contributed by atoms with van der Waals surface area (Å²) >= 11 is 18.9. The molecule has 0 unspecified atom stereocenters. The quantitative estimate of drug-likeness (QED) is 0.757. The molecule has 0 spiro atoms. The standard InChI is InChI=1S/C10H9Cl2NS2/c11-8-2-1-7(9(12)5-8)6-13-3-4-15-10(13)14/h1-2,5H,3-4,6H2. The summed E-state index contributed by atoms with van der Waals surface area (Å²) in [6, 6.07) is 5.58. The lowest BCUT2D eigenvalue weighted by atomic mass is 10.2. The zero-order chi connectivity index (χ0) is 10.8. The molecule has 15 heavy (non-hydrogen) atoms. The van der Waals surface area contributed by atoms with Crippen LogP contribution >= 0.6 is 47.2 Å². The van der Waals surface area contributed by atoms with Crippen molar-refractivity contribution < 1.29 is 0 Å². The van der Waals surface area contributed by atoms with E-state index in [1.54, 1.807) is 17.8 Å². The normalized spacial score (nSPS) is 16.1. The van der Waals surface area contributed by atoms with Crippen LogP contribution in [-0.4, -0.2) is 21.5 Å². The maximum absolute atomic E-state index is 6.09. The van der Waals surface area contributed by atoms with Crippen molar-refractivity contribution in [3.63, 3.8) is 0 Å². The molecule has 5 heteroatoms. The molecule has 1 nitrogen and oxygen atoms in total. The van der Waals surface area contributed by atoms with Crippen LogP contribution in [0.1, 0.15) is 5.56 Å². The van der Waals surface area contributed by atoms with E-state index in [0.717, 1.165) is 28.7 Å². The molecule has 0 amide bonds. The van der Waals surface area contributed by atoms with E-state index >= 15 is 0 Å². The third-order valence-corrected chi connectivity index (χ3v) is 4.31. The Labute approximate surface area is 109 Å². The number of hydrogen-bond acceptors (Lipinski definition) is 2. The van der Waals surface area contributed by atoms with E-state index in [1.807, 2.05) is 12.1 Å². The fourth-order valence-corrected chi connectivity index (χ4v) is 3.12. The van der Waals surface area contributed by atoms with Gasteiger partial charge in [-0.05, 0) is 17.7 Å². The molecular weight excluding hydrogens is 269 g/mol. The lowest BCUT2D eigenvalue weighted by Gasteiger charge is -2.17. The minimum atomic E-state index is 0.669. The molecule has 0 bridgehead atoms. The first-order valence-corrected chi connectivity index (χ1v) is 6.67. The lowest BCUT2D eigenvalue weighted by molar-refractivity contribution is 0.464. The second-order valence-corrected chi connectivity index (χ2v) is 5.84. The average molecular weight is 278 g/mol. The molecule has 1 aromatic rings. The number of halogens is 2. The van der Waals surface area contributed by atoms with Crippen LogP contribution in [0.15, 0.2) is 18.2 Å². The summed E-state index contributed by atoms with van der Waals surface area (Å²) in [5.74, 6) is 1.07. The number of benzene rings is 1. The summed E-state index contributed by atoms with van der Waals surface area (Å²) < 4.78 is 0.959.